The predicted molar refractivity (Wildman–Crippen MR) is 77.9 cm³/mol. The summed E-state index contributed by atoms with van der Waals surface area (Å²) >= 11 is 0. The highest BCUT2D eigenvalue weighted by Crippen LogP contribution is 2.21. The first-order valence-electron chi connectivity index (χ1n) is 6.47. The van der Waals surface area contributed by atoms with E-state index in [4.69, 9.17) is 4.74 Å². The van der Waals surface area contributed by atoms with Gasteiger partial charge in [-0.2, -0.15) is 0 Å². The third kappa shape index (κ3) is 2.32. The largest absolute Gasteiger partial charge is 0.508 e. The van der Waals surface area contributed by atoms with Crippen molar-refractivity contribution in [1.82, 2.24) is 9.55 Å². The van der Waals surface area contributed by atoms with Crippen LogP contribution in [0.1, 0.15) is 11.4 Å². The van der Waals surface area contributed by atoms with E-state index in [1.165, 1.54) is 0 Å². The van der Waals surface area contributed by atoms with Crippen LogP contribution in [0.5, 0.6) is 11.5 Å². The zero-order valence-corrected chi connectivity index (χ0v) is 11.5. The summed E-state index contributed by atoms with van der Waals surface area (Å²) in [5.74, 6) is 1.88. The maximum atomic E-state index is 9.49. The molecule has 0 fully saturated rings. The maximum absolute atomic E-state index is 9.49. The number of rotatable bonds is 3. The van der Waals surface area contributed by atoms with Crippen LogP contribution >= 0.6 is 0 Å². The average molecular weight is 268 g/mol. The minimum Gasteiger partial charge on any atom is -0.508 e. The molecule has 1 aromatic heterocycles. The molecule has 0 aliphatic carbocycles. The molecule has 4 nitrogen and oxygen atoms in total. The lowest BCUT2D eigenvalue weighted by Gasteiger charge is -2.06. The van der Waals surface area contributed by atoms with Crippen LogP contribution in [0.25, 0.3) is 11.0 Å². The Balaban J connectivity index is 1.86. The van der Waals surface area contributed by atoms with Crippen LogP contribution in [0.2, 0.25) is 0 Å². The Morgan fingerprint density at radius 1 is 1.20 bits per heavy atom. The molecule has 3 rings (SSSR count). The molecule has 2 aromatic carbocycles. The second-order valence-electron chi connectivity index (χ2n) is 4.87. The van der Waals surface area contributed by atoms with Crippen LogP contribution in [0, 0.1) is 6.92 Å². The normalized spacial score (nSPS) is 10.9. The Bertz CT molecular complexity index is 762. The van der Waals surface area contributed by atoms with Crippen LogP contribution in [-0.2, 0) is 13.7 Å². The van der Waals surface area contributed by atoms with Gasteiger partial charge in [0.25, 0.3) is 0 Å². The first-order valence-corrected chi connectivity index (χ1v) is 6.47. The quantitative estimate of drug-likeness (QED) is 0.793. The topological polar surface area (TPSA) is 47.3 Å². The number of benzene rings is 2. The Hall–Kier alpha value is -2.49. The Kier molecular flexibility index (Phi) is 3.06. The van der Waals surface area contributed by atoms with Crippen molar-refractivity contribution < 1.29 is 9.84 Å². The number of hydrogen-bond acceptors (Lipinski definition) is 3. The van der Waals surface area contributed by atoms with Crippen molar-refractivity contribution in [2.45, 2.75) is 13.5 Å². The summed E-state index contributed by atoms with van der Waals surface area (Å²) in [6.07, 6.45) is 0. The molecule has 0 radical (unpaired) electrons. The minimum absolute atomic E-state index is 0.224. The number of nitrogens with zero attached hydrogens (tertiary/aromatic N) is 2. The molecule has 4 heteroatoms. The van der Waals surface area contributed by atoms with Crippen LogP contribution < -0.4 is 4.74 Å². The number of aromatic hydroxyl groups is 1. The van der Waals surface area contributed by atoms with Gasteiger partial charge >= 0.3 is 0 Å². The fourth-order valence-electron chi connectivity index (χ4n) is 2.22. The molecule has 1 N–H and O–H groups in total. The van der Waals surface area contributed by atoms with E-state index in [1.54, 1.807) is 12.1 Å². The Morgan fingerprint density at radius 3 is 2.85 bits per heavy atom. The molecule has 0 aliphatic heterocycles. The summed E-state index contributed by atoms with van der Waals surface area (Å²) in [5, 5.41) is 9.49. The molecule has 102 valence electrons. The van der Waals surface area contributed by atoms with E-state index in [0.717, 1.165) is 28.2 Å². The lowest BCUT2D eigenvalue weighted by molar-refractivity contribution is 0.292. The highest BCUT2D eigenvalue weighted by atomic mass is 16.5. The molecule has 0 atom stereocenters. The van der Waals surface area contributed by atoms with Crippen molar-refractivity contribution in [2.24, 2.45) is 7.05 Å². The van der Waals surface area contributed by atoms with Crippen LogP contribution in [0.4, 0.5) is 0 Å². The molecule has 0 saturated heterocycles. The van der Waals surface area contributed by atoms with Gasteiger partial charge in [0.2, 0.25) is 0 Å². The molecule has 0 aliphatic rings. The van der Waals surface area contributed by atoms with E-state index in [1.807, 2.05) is 48.9 Å². The zero-order chi connectivity index (χ0) is 14.1. The van der Waals surface area contributed by atoms with Gasteiger partial charge in [0.15, 0.2) is 0 Å². The molecular weight excluding hydrogens is 252 g/mol. The lowest BCUT2D eigenvalue weighted by atomic mass is 10.2. The smallest absolute Gasteiger partial charge is 0.147 e. The lowest BCUT2D eigenvalue weighted by Crippen LogP contribution is -2.03. The van der Waals surface area contributed by atoms with Gasteiger partial charge in [-0.3, -0.25) is 0 Å². The molecule has 20 heavy (non-hydrogen) atoms. The summed E-state index contributed by atoms with van der Waals surface area (Å²) in [6.45, 7) is 2.43. The molecule has 0 bridgehead atoms. The number of phenolic OH excluding ortho intramolecular Hbond substituents is 1. The van der Waals surface area contributed by atoms with Gasteiger partial charge in [0.05, 0.1) is 11.0 Å². The van der Waals surface area contributed by atoms with Crippen molar-refractivity contribution in [3.8, 4) is 11.5 Å². The van der Waals surface area contributed by atoms with Crippen molar-refractivity contribution in [1.29, 1.82) is 0 Å². The van der Waals surface area contributed by atoms with Gasteiger partial charge < -0.3 is 14.4 Å². The van der Waals surface area contributed by atoms with Gasteiger partial charge in [-0.25, -0.2) is 4.98 Å². The van der Waals surface area contributed by atoms with Crippen molar-refractivity contribution in [3.05, 3.63) is 53.9 Å². The van der Waals surface area contributed by atoms with Crippen LogP contribution in [0.3, 0.4) is 0 Å². The number of ether oxygens (including phenoxy) is 1. The third-order valence-electron chi connectivity index (χ3n) is 3.31. The minimum atomic E-state index is 0.224. The summed E-state index contributed by atoms with van der Waals surface area (Å²) in [5.41, 5.74) is 2.92. The van der Waals surface area contributed by atoms with Crippen LogP contribution in [-0.4, -0.2) is 14.7 Å². The van der Waals surface area contributed by atoms with Gasteiger partial charge in [-0.15, -0.1) is 0 Å². The summed E-state index contributed by atoms with van der Waals surface area (Å²) in [7, 11) is 1.95. The fourth-order valence-corrected chi connectivity index (χ4v) is 2.22. The second kappa shape index (κ2) is 4.89. The molecule has 0 spiro atoms. The summed E-state index contributed by atoms with van der Waals surface area (Å²) in [4.78, 5) is 4.49. The maximum Gasteiger partial charge on any atom is 0.147 e. The number of imidazole rings is 1. The highest BCUT2D eigenvalue weighted by molar-refractivity contribution is 5.77. The summed E-state index contributed by atoms with van der Waals surface area (Å²) in [6, 6.07) is 13.1. The Morgan fingerprint density at radius 2 is 2.05 bits per heavy atom. The molecule has 1 heterocycles. The summed E-state index contributed by atoms with van der Waals surface area (Å²) < 4.78 is 7.74. The SMILES string of the molecule is Cc1cccc(OCc2nc3cc(O)ccc3n2C)c1. The van der Waals surface area contributed by atoms with E-state index < -0.39 is 0 Å². The number of aromatic nitrogens is 2. The van der Waals surface area contributed by atoms with E-state index >= 15 is 0 Å². The van der Waals surface area contributed by atoms with Crippen molar-refractivity contribution in [2.75, 3.05) is 0 Å². The van der Waals surface area contributed by atoms with E-state index in [9.17, 15) is 5.11 Å². The van der Waals surface area contributed by atoms with Crippen LogP contribution in [0.15, 0.2) is 42.5 Å². The third-order valence-corrected chi connectivity index (χ3v) is 3.31. The van der Waals surface area contributed by atoms with Gasteiger partial charge in [0, 0.05) is 13.1 Å². The Labute approximate surface area is 117 Å². The van der Waals surface area contributed by atoms with E-state index in [0.29, 0.717) is 6.61 Å². The van der Waals surface area contributed by atoms with E-state index in [2.05, 4.69) is 4.98 Å². The average Bonchev–Trinajstić information content (AvgIpc) is 2.72. The van der Waals surface area contributed by atoms with Crippen molar-refractivity contribution in [3.63, 3.8) is 0 Å². The molecule has 0 unspecified atom stereocenters. The van der Waals surface area contributed by atoms with E-state index in [-0.39, 0.29) is 5.75 Å². The number of hydrogen-bond donors (Lipinski definition) is 1. The fraction of sp³-hybridized carbons (Fsp3) is 0.188. The zero-order valence-electron chi connectivity index (χ0n) is 11.5. The molecule has 0 amide bonds. The molecule has 0 saturated carbocycles. The first-order chi connectivity index (χ1) is 9.63. The number of fused-ring (bicyclic) bond motifs is 1. The predicted octanol–water partition coefficient (Wildman–Crippen LogP) is 3.17. The first kappa shape index (κ1) is 12.5. The molecule has 3 aromatic rings. The number of phenols is 1. The van der Waals surface area contributed by atoms with Crippen molar-refractivity contribution >= 4 is 11.0 Å². The van der Waals surface area contributed by atoms with Gasteiger partial charge in [0.1, 0.15) is 23.9 Å². The second-order valence-corrected chi connectivity index (χ2v) is 4.87. The standard InChI is InChI=1S/C16H16N2O2/c1-11-4-3-5-13(8-11)20-10-16-17-14-9-12(19)6-7-15(14)18(16)2/h3-9,19H,10H2,1-2H3. The number of aryl methyl sites for hydroxylation is 2. The monoisotopic (exact) mass is 268 g/mol. The van der Waals surface area contributed by atoms with Gasteiger partial charge in [-0.05, 0) is 36.8 Å². The highest BCUT2D eigenvalue weighted by Gasteiger charge is 2.08. The van der Waals surface area contributed by atoms with Gasteiger partial charge in [-0.1, -0.05) is 12.1 Å². The molecular formula is C16H16N2O2.